The molecule has 1 aliphatic carbocycles. The van der Waals surface area contributed by atoms with Crippen molar-refractivity contribution in [3.8, 4) is 11.1 Å². The second-order valence-electron chi connectivity index (χ2n) is 13.2. The number of nitrogens with two attached hydrogens (primary N) is 1. The van der Waals surface area contributed by atoms with Crippen LogP contribution in [0.4, 0.5) is 11.5 Å². The fourth-order valence-electron chi connectivity index (χ4n) is 6.99. The van der Waals surface area contributed by atoms with Gasteiger partial charge in [0.25, 0.3) is 11.5 Å². The fraction of sp³-hybridized carbons (Fsp3) is 0.424. The van der Waals surface area contributed by atoms with Crippen LogP contribution in [0.25, 0.3) is 11.1 Å². The van der Waals surface area contributed by atoms with E-state index in [1.807, 2.05) is 6.07 Å². The minimum Gasteiger partial charge on any atom is -0.386 e. The van der Waals surface area contributed by atoms with Gasteiger partial charge >= 0.3 is 0 Å². The summed E-state index contributed by atoms with van der Waals surface area (Å²) < 4.78 is 8.89. The SMILES string of the molecule is Cn1cc(-c2ccnc(N3CCn4c(cc5c4CC(C)(C)C5)C3=O)c2C=O)cc(N=C(N)/C=C2/CN(C3COC3)CCN2)c1=O. The van der Waals surface area contributed by atoms with Gasteiger partial charge in [0.05, 0.1) is 24.8 Å². The summed E-state index contributed by atoms with van der Waals surface area (Å²) in [6.07, 6.45) is 7.59. The normalized spacial score (nSPS) is 21.0. The number of hydrogen-bond acceptors (Lipinski definition) is 8. The number of aromatic nitrogens is 3. The van der Waals surface area contributed by atoms with E-state index in [0.717, 1.165) is 51.1 Å². The second kappa shape index (κ2) is 11.1. The quantitative estimate of drug-likeness (QED) is 0.246. The lowest BCUT2D eigenvalue weighted by Crippen LogP contribution is -2.55. The molecular formula is C33H38N8O4. The number of fused-ring (bicyclic) bond motifs is 3. The zero-order chi connectivity index (χ0) is 31.5. The van der Waals surface area contributed by atoms with Crippen molar-refractivity contribution < 1.29 is 14.3 Å². The van der Waals surface area contributed by atoms with Crippen LogP contribution in [0.15, 0.2) is 52.2 Å². The average molecular weight is 611 g/mol. The van der Waals surface area contributed by atoms with E-state index in [0.29, 0.717) is 48.3 Å². The molecule has 1 amide bonds. The van der Waals surface area contributed by atoms with Crippen LogP contribution in [0.3, 0.4) is 0 Å². The molecule has 6 heterocycles. The summed E-state index contributed by atoms with van der Waals surface area (Å²) in [7, 11) is 1.63. The van der Waals surface area contributed by atoms with E-state index in [1.54, 1.807) is 42.6 Å². The highest BCUT2D eigenvalue weighted by Gasteiger charge is 2.37. The van der Waals surface area contributed by atoms with Crippen molar-refractivity contribution in [2.75, 3.05) is 44.3 Å². The number of rotatable bonds is 6. The van der Waals surface area contributed by atoms with E-state index >= 15 is 0 Å². The Hall–Kier alpha value is -4.55. The van der Waals surface area contributed by atoms with Crippen molar-refractivity contribution in [3.05, 3.63) is 75.2 Å². The summed E-state index contributed by atoms with van der Waals surface area (Å²) in [5, 5.41) is 3.36. The molecule has 3 aromatic heterocycles. The monoisotopic (exact) mass is 610 g/mol. The molecule has 7 rings (SSSR count). The predicted octanol–water partition coefficient (Wildman–Crippen LogP) is 2.02. The zero-order valence-electron chi connectivity index (χ0n) is 25.9. The summed E-state index contributed by atoms with van der Waals surface area (Å²) in [6, 6.07) is 5.75. The Morgan fingerprint density at radius 3 is 2.76 bits per heavy atom. The number of pyridine rings is 2. The average Bonchev–Trinajstić information content (AvgIpc) is 3.46. The number of carbonyl (C=O) groups is 2. The molecule has 3 aliphatic heterocycles. The Morgan fingerprint density at radius 2 is 2.00 bits per heavy atom. The number of hydrogen-bond donors (Lipinski definition) is 2. The van der Waals surface area contributed by atoms with Gasteiger partial charge in [-0.1, -0.05) is 13.8 Å². The van der Waals surface area contributed by atoms with Gasteiger partial charge in [0, 0.05) is 75.2 Å². The lowest BCUT2D eigenvalue weighted by Gasteiger charge is -2.40. The van der Waals surface area contributed by atoms with Crippen molar-refractivity contribution in [2.24, 2.45) is 23.2 Å². The third-order valence-electron chi connectivity index (χ3n) is 9.28. The summed E-state index contributed by atoms with van der Waals surface area (Å²) >= 11 is 0. The smallest absolute Gasteiger partial charge is 0.276 e. The van der Waals surface area contributed by atoms with Crippen LogP contribution in [-0.2, 0) is 31.2 Å². The van der Waals surface area contributed by atoms with Gasteiger partial charge in [-0.25, -0.2) is 9.98 Å². The van der Waals surface area contributed by atoms with Crippen LogP contribution in [0.2, 0.25) is 0 Å². The number of nitrogens with zero attached hydrogens (tertiary/aromatic N) is 6. The summed E-state index contributed by atoms with van der Waals surface area (Å²) in [5.74, 6) is 0.322. The highest BCUT2D eigenvalue weighted by atomic mass is 16.5. The van der Waals surface area contributed by atoms with Crippen LogP contribution >= 0.6 is 0 Å². The van der Waals surface area contributed by atoms with E-state index in [9.17, 15) is 14.4 Å². The van der Waals surface area contributed by atoms with Crippen LogP contribution in [-0.4, -0.2) is 82.5 Å². The molecule has 0 saturated carbocycles. The maximum absolute atomic E-state index is 13.8. The molecule has 234 valence electrons. The van der Waals surface area contributed by atoms with E-state index in [1.165, 1.54) is 15.8 Å². The van der Waals surface area contributed by atoms with E-state index in [-0.39, 0.29) is 34.0 Å². The third-order valence-corrected chi connectivity index (χ3v) is 9.28. The maximum atomic E-state index is 13.8. The van der Waals surface area contributed by atoms with E-state index in [2.05, 4.69) is 38.6 Å². The molecule has 3 aromatic rings. The molecule has 0 spiro atoms. The lowest BCUT2D eigenvalue weighted by molar-refractivity contribution is -0.0644. The number of piperazine rings is 1. The van der Waals surface area contributed by atoms with E-state index < -0.39 is 0 Å². The number of amides is 1. The van der Waals surface area contributed by atoms with Crippen molar-refractivity contribution >= 4 is 29.5 Å². The standard InChI is InChI=1S/C33H38N8O4/c1-33(2)13-20-11-27-32(44)41(9-8-40(27)28(20)14-33)30-25(17-42)24(4-5-36-30)21-10-26(31(43)38(3)15-21)37-29(34)12-22-16-39(7-6-35-22)23-18-45-19-23/h4-5,10-12,15,17,23,35H,6-9,13-14,16,18-19H2,1-3H3,(H2,34,37)/b22-12-. The van der Waals surface area contributed by atoms with Crippen LogP contribution in [0.5, 0.6) is 0 Å². The van der Waals surface area contributed by atoms with Gasteiger partial charge in [-0.15, -0.1) is 0 Å². The largest absolute Gasteiger partial charge is 0.386 e. The number of aliphatic imine (C=N–C) groups is 1. The highest BCUT2D eigenvalue weighted by Crippen LogP contribution is 2.40. The first-order valence-electron chi connectivity index (χ1n) is 15.4. The van der Waals surface area contributed by atoms with Gasteiger partial charge in [0.2, 0.25) is 0 Å². The second-order valence-corrected chi connectivity index (χ2v) is 13.2. The molecule has 2 fully saturated rings. The number of amidine groups is 1. The summed E-state index contributed by atoms with van der Waals surface area (Å²) in [4.78, 5) is 52.4. The molecule has 0 radical (unpaired) electrons. The molecule has 2 saturated heterocycles. The Morgan fingerprint density at radius 1 is 1.18 bits per heavy atom. The molecule has 0 aromatic carbocycles. The number of anilines is 1. The number of aryl methyl sites for hydroxylation is 1. The van der Waals surface area contributed by atoms with Gasteiger partial charge in [0.1, 0.15) is 23.0 Å². The van der Waals surface area contributed by atoms with Crippen molar-refractivity contribution in [3.63, 3.8) is 0 Å². The zero-order valence-corrected chi connectivity index (χ0v) is 25.9. The lowest BCUT2D eigenvalue weighted by atomic mass is 9.90. The van der Waals surface area contributed by atoms with E-state index in [4.69, 9.17) is 10.5 Å². The third kappa shape index (κ3) is 5.27. The number of ether oxygens (including phenoxy) is 1. The minimum absolute atomic E-state index is 0.143. The van der Waals surface area contributed by atoms with Crippen molar-refractivity contribution in [2.45, 2.75) is 39.3 Å². The van der Waals surface area contributed by atoms with Gasteiger partial charge in [0.15, 0.2) is 6.29 Å². The van der Waals surface area contributed by atoms with Crippen molar-refractivity contribution in [1.29, 1.82) is 0 Å². The van der Waals surface area contributed by atoms with Crippen molar-refractivity contribution in [1.82, 2.24) is 24.3 Å². The molecule has 0 bridgehead atoms. The fourth-order valence-corrected chi connectivity index (χ4v) is 6.99. The Labute approximate surface area is 261 Å². The molecular weight excluding hydrogens is 572 g/mol. The van der Waals surface area contributed by atoms with Crippen LogP contribution < -0.4 is 21.5 Å². The summed E-state index contributed by atoms with van der Waals surface area (Å²) in [6.45, 7) is 9.41. The first-order valence-corrected chi connectivity index (χ1v) is 15.4. The Balaban J connectivity index is 1.19. The molecule has 45 heavy (non-hydrogen) atoms. The molecule has 12 heteroatoms. The molecule has 12 nitrogen and oxygen atoms in total. The minimum atomic E-state index is -0.324. The van der Waals surface area contributed by atoms with Gasteiger partial charge < -0.3 is 24.9 Å². The van der Waals surface area contributed by atoms with Crippen LogP contribution in [0.1, 0.15) is 46.0 Å². The summed E-state index contributed by atoms with van der Waals surface area (Å²) in [5.41, 5.74) is 11.7. The first kappa shape index (κ1) is 29.2. The van der Waals surface area contributed by atoms with Gasteiger partial charge in [-0.2, -0.15) is 0 Å². The Bertz CT molecular complexity index is 1830. The highest BCUT2D eigenvalue weighted by molar-refractivity contribution is 6.09. The topological polar surface area (TPSA) is 140 Å². The number of aldehydes is 1. The number of carbonyl (C=O) groups excluding carboxylic acids is 2. The molecule has 4 aliphatic rings. The molecule has 0 unspecified atom stereocenters. The number of nitrogens with one attached hydrogen (secondary N) is 1. The molecule has 0 atom stereocenters. The Kier molecular flexibility index (Phi) is 7.20. The molecule has 3 N–H and O–H groups in total. The predicted molar refractivity (Wildman–Crippen MR) is 171 cm³/mol. The first-order chi connectivity index (χ1) is 21.6. The van der Waals surface area contributed by atoms with Gasteiger partial charge in [-0.05, 0) is 47.6 Å². The van der Waals surface area contributed by atoms with Gasteiger partial charge in [-0.3, -0.25) is 24.2 Å². The maximum Gasteiger partial charge on any atom is 0.276 e. The van der Waals surface area contributed by atoms with Crippen LogP contribution in [0, 0.1) is 5.41 Å².